The van der Waals surface area contributed by atoms with Crippen molar-refractivity contribution in [3.05, 3.63) is 22.9 Å². The van der Waals surface area contributed by atoms with Crippen LogP contribution in [0.25, 0.3) is 0 Å². The molecule has 1 amide bonds. The van der Waals surface area contributed by atoms with Gasteiger partial charge in [0, 0.05) is 19.5 Å². The lowest BCUT2D eigenvalue weighted by Gasteiger charge is -2.44. The van der Waals surface area contributed by atoms with Gasteiger partial charge in [-0.1, -0.05) is 6.08 Å². The van der Waals surface area contributed by atoms with Gasteiger partial charge in [0.25, 0.3) is 0 Å². The number of amidine groups is 1. The van der Waals surface area contributed by atoms with Gasteiger partial charge in [-0.25, -0.2) is 4.79 Å². The van der Waals surface area contributed by atoms with E-state index in [1.54, 1.807) is 6.92 Å². The molecule has 0 unspecified atom stereocenters. The number of allylic oxidation sites excluding steroid dienone is 1. The molecule has 3 rings (SSSR count). The number of carboxylic acids is 1. The number of aliphatic hydroxyl groups excluding tert-OH is 1. The molecule has 0 aromatic heterocycles. The molecular weight excluding hydrogens is 310 g/mol. The molecule has 4 atom stereocenters. The Morgan fingerprint density at radius 3 is 2.62 bits per heavy atom. The molecule has 2 fully saturated rings. The Balaban J connectivity index is 1.91. The number of carboxylic acid groups (broad SMARTS) is 1. The number of likely N-dealkylation sites (N-methyl/N-ethyl adjacent to an activating group) is 1. The molecule has 24 heavy (non-hydrogen) atoms. The number of hydrogen-bond donors (Lipinski definition) is 3. The monoisotopic (exact) mass is 333 g/mol. The Bertz CT molecular complexity index is 679. The summed E-state index contributed by atoms with van der Waals surface area (Å²) in [6, 6.07) is -0.182. The second kappa shape index (κ2) is 5.73. The summed E-state index contributed by atoms with van der Waals surface area (Å²) >= 11 is 0. The highest BCUT2D eigenvalue weighted by molar-refractivity contribution is 6.00. The minimum atomic E-state index is -1.11. The predicted octanol–water partition coefficient (Wildman–Crippen LogP) is 0.954. The van der Waals surface area contributed by atoms with Crippen molar-refractivity contribution in [3.8, 4) is 0 Å². The average Bonchev–Trinajstić information content (AvgIpc) is 2.99. The highest BCUT2D eigenvalue weighted by Crippen LogP contribution is 2.45. The Morgan fingerprint density at radius 1 is 1.46 bits per heavy atom. The van der Waals surface area contributed by atoms with Gasteiger partial charge in [0.05, 0.1) is 23.9 Å². The molecule has 0 radical (unpaired) electrons. The van der Waals surface area contributed by atoms with Crippen molar-refractivity contribution in [1.29, 1.82) is 5.41 Å². The third-order valence-electron chi connectivity index (χ3n) is 5.45. The van der Waals surface area contributed by atoms with Crippen LogP contribution in [0.15, 0.2) is 22.9 Å². The van der Waals surface area contributed by atoms with Crippen LogP contribution >= 0.6 is 0 Å². The Kier molecular flexibility index (Phi) is 3.99. The maximum atomic E-state index is 12.2. The summed E-state index contributed by atoms with van der Waals surface area (Å²) in [7, 11) is 1.87. The van der Waals surface area contributed by atoms with E-state index in [0.717, 1.165) is 12.0 Å². The van der Waals surface area contributed by atoms with Crippen molar-refractivity contribution in [1.82, 2.24) is 9.80 Å². The van der Waals surface area contributed by atoms with Crippen LogP contribution in [0, 0.1) is 11.3 Å². The van der Waals surface area contributed by atoms with Crippen LogP contribution in [0.5, 0.6) is 0 Å². The van der Waals surface area contributed by atoms with Crippen LogP contribution in [0.1, 0.15) is 33.1 Å². The van der Waals surface area contributed by atoms with E-state index in [0.29, 0.717) is 24.3 Å². The zero-order chi connectivity index (χ0) is 17.8. The SMILES string of the molecule is CC(=C[C@@H]1CCC(=N)N1C)C1=C(C(=O)O)N2C(=O)[C@H]([C@@H](C)O)[C@H]2C1. The molecular formula is C17H23N3O4. The fourth-order valence-electron chi connectivity index (χ4n) is 4.06. The van der Waals surface area contributed by atoms with Crippen LogP contribution in [0.4, 0.5) is 0 Å². The zero-order valence-corrected chi connectivity index (χ0v) is 14.1. The molecule has 0 aromatic rings. The molecule has 2 saturated heterocycles. The van der Waals surface area contributed by atoms with Crippen LogP contribution in [-0.2, 0) is 9.59 Å². The first-order valence-corrected chi connectivity index (χ1v) is 8.20. The average molecular weight is 333 g/mol. The molecule has 3 aliphatic rings. The van der Waals surface area contributed by atoms with Gasteiger partial charge in [0.1, 0.15) is 5.70 Å². The number of nitrogens with zero attached hydrogens (tertiary/aromatic N) is 2. The van der Waals surface area contributed by atoms with Crippen LogP contribution < -0.4 is 0 Å². The van der Waals surface area contributed by atoms with Crippen LogP contribution in [0.3, 0.4) is 0 Å². The number of amides is 1. The lowest BCUT2D eigenvalue weighted by atomic mass is 9.82. The summed E-state index contributed by atoms with van der Waals surface area (Å²) in [5, 5.41) is 27.2. The van der Waals surface area contributed by atoms with Crippen molar-refractivity contribution >= 4 is 17.7 Å². The molecule has 3 N–H and O–H groups in total. The van der Waals surface area contributed by atoms with Gasteiger partial charge in [-0.05, 0) is 37.8 Å². The minimum Gasteiger partial charge on any atom is -0.477 e. The van der Waals surface area contributed by atoms with Gasteiger partial charge in [0.2, 0.25) is 5.91 Å². The number of β-lactam (4-membered cyclic amide) rings is 1. The maximum absolute atomic E-state index is 12.2. The third kappa shape index (κ3) is 2.34. The summed E-state index contributed by atoms with van der Waals surface area (Å²) in [5.74, 6) is -1.36. The van der Waals surface area contributed by atoms with E-state index < -0.39 is 18.0 Å². The van der Waals surface area contributed by atoms with Gasteiger partial charge < -0.3 is 20.0 Å². The van der Waals surface area contributed by atoms with Crippen molar-refractivity contribution in [2.45, 2.75) is 51.3 Å². The fourth-order valence-corrected chi connectivity index (χ4v) is 4.06. The smallest absolute Gasteiger partial charge is 0.352 e. The molecule has 130 valence electrons. The number of aliphatic carboxylic acids is 1. The molecule has 0 aliphatic carbocycles. The molecule has 3 aliphatic heterocycles. The first-order valence-electron chi connectivity index (χ1n) is 8.20. The van der Waals surface area contributed by atoms with Crippen molar-refractivity contribution < 1.29 is 19.8 Å². The summed E-state index contributed by atoms with van der Waals surface area (Å²) in [5.41, 5.74) is 1.55. The lowest BCUT2D eigenvalue weighted by Crippen LogP contribution is -2.61. The molecule has 0 spiro atoms. The number of aliphatic hydroxyl groups is 1. The quantitative estimate of drug-likeness (QED) is 0.665. The van der Waals surface area contributed by atoms with Crippen molar-refractivity contribution in [2.24, 2.45) is 5.92 Å². The van der Waals surface area contributed by atoms with Gasteiger partial charge in [-0.3, -0.25) is 10.2 Å². The van der Waals surface area contributed by atoms with Gasteiger partial charge in [0.15, 0.2) is 0 Å². The number of nitrogens with one attached hydrogen (secondary N) is 1. The van der Waals surface area contributed by atoms with E-state index in [-0.39, 0.29) is 23.7 Å². The number of carbonyl (C=O) groups is 2. The second-order valence-corrected chi connectivity index (χ2v) is 6.89. The first kappa shape index (κ1) is 16.7. The van der Waals surface area contributed by atoms with Gasteiger partial charge in [-0.2, -0.15) is 0 Å². The highest BCUT2D eigenvalue weighted by atomic mass is 16.4. The van der Waals surface area contributed by atoms with Gasteiger partial charge in [-0.15, -0.1) is 0 Å². The molecule has 0 saturated carbocycles. The summed E-state index contributed by atoms with van der Waals surface area (Å²) in [4.78, 5) is 27.1. The lowest BCUT2D eigenvalue weighted by molar-refractivity contribution is -0.161. The Labute approximate surface area is 140 Å². The molecule has 0 aromatic carbocycles. The first-order chi connectivity index (χ1) is 11.2. The number of likely N-dealkylation sites (tertiary alicyclic amines) is 1. The van der Waals surface area contributed by atoms with Crippen LogP contribution in [0.2, 0.25) is 0 Å². The van der Waals surface area contributed by atoms with Gasteiger partial charge >= 0.3 is 5.97 Å². The number of carbonyl (C=O) groups excluding carboxylic acids is 1. The largest absolute Gasteiger partial charge is 0.477 e. The van der Waals surface area contributed by atoms with E-state index in [2.05, 4.69) is 0 Å². The number of hydrogen-bond acceptors (Lipinski definition) is 4. The fraction of sp³-hybridized carbons (Fsp3) is 0.588. The van der Waals surface area contributed by atoms with Crippen molar-refractivity contribution in [3.63, 3.8) is 0 Å². The predicted molar refractivity (Wildman–Crippen MR) is 87.4 cm³/mol. The molecule has 0 bridgehead atoms. The summed E-state index contributed by atoms with van der Waals surface area (Å²) in [6.45, 7) is 3.43. The number of fused-ring (bicyclic) bond motifs is 1. The number of rotatable bonds is 4. The summed E-state index contributed by atoms with van der Waals surface area (Å²) < 4.78 is 0. The molecule has 7 heteroatoms. The van der Waals surface area contributed by atoms with E-state index in [1.807, 2.05) is 24.9 Å². The van der Waals surface area contributed by atoms with E-state index in [9.17, 15) is 19.8 Å². The topological polar surface area (TPSA) is 105 Å². The zero-order valence-electron chi connectivity index (χ0n) is 14.1. The van der Waals surface area contributed by atoms with E-state index >= 15 is 0 Å². The standard InChI is InChI=1S/C17H23N3O4/c1-8(6-10-4-5-13(18)19(10)3)11-7-12-14(9(2)21)16(22)20(12)15(11)17(23)24/h6,9-10,12,14,18,21H,4-5,7H2,1-3H3,(H,23,24)/t9-,10+,12-,14-/m1/s1. The Morgan fingerprint density at radius 2 is 2.12 bits per heavy atom. The third-order valence-corrected chi connectivity index (χ3v) is 5.45. The van der Waals surface area contributed by atoms with Crippen molar-refractivity contribution in [2.75, 3.05) is 7.05 Å². The highest BCUT2D eigenvalue weighted by Gasteiger charge is 2.56. The van der Waals surface area contributed by atoms with E-state index in [4.69, 9.17) is 5.41 Å². The Hall–Kier alpha value is -2.15. The van der Waals surface area contributed by atoms with E-state index in [1.165, 1.54) is 4.90 Å². The van der Waals surface area contributed by atoms with Crippen LogP contribution in [-0.4, -0.2) is 63.0 Å². The second-order valence-electron chi connectivity index (χ2n) is 6.89. The summed E-state index contributed by atoms with van der Waals surface area (Å²) in [6.07, 6.45) is 3.23. The molecule has 3 heterocycles. The molecule has 7 nitrogen and oxygen atoms in total. The minimum absolute atomic E-state index is 0.0476. The normalized spacial score (nSPS) is 31.5. The maximum Gasteiger partial charge on any atom is 0.352 e.